The second kappa shape index (κ2) is 8.82. The summed E-state index contributed by atoms with van der Waals surface area (Å²) in [4.78, 5) is 12.3. The molecule has 2 heterocycles. The number of carbonyl (C=O) groups excluding carboxylic acids is 1. The van der Waals surface area contributed by atoms with Gasteiger partial charge in [0.1, 0.15) is 18.1 Å². The van der Waals surface area contributed by atoms with Gasteiger partial charge in [-0.3, -0.25) is 9.48 Å². The number of amides is 1. The Bertz CT molecular complexity index is 955. The fourth-order valence-electron chi connectivity index (χ4n) is 2.29. The normalized spacial score (nSPS) is 10.8. The van der Waals surface area contributed by atoms with Gasteiger partial charge >= 0.3 is 0 Å². The van der Waals surface area contributed by atoms with Crippen molar-refractivity contribution in [2.45, 2.75) is 26.6 Å². The third-order valence-electron chi connectivity index (χ3n) is 3.68. The molecule has 142 valence electrons. The minimum Gasteiger partial charge on any atom is -0.484 e. The summed E-state index contributed by atoms with van der Waals surface area (Å²) in [7, 11) is 0. The monoisotopic (exact) mass is 471 g/mol. The highest BCUT2D eigenvalue weighted by molar-refractivity contribution is 9.10. The van der Waals surface area contributed by atoms with Crippen LogP contribution in [0.4, 0.5) is 0 Å². The minimum atomic E-state index is -0.330. The lowest BCUT2D eigenvalue weighted by Gasteiger charge is -2.06. The molecular formula is C18H16BrCl2N3O3. The second-order valence-corrected chi connectivity index (χ2v) is 7.29. The van der Waals surface area contributed by atoms with Crippen molar-refractivity contribution in [3.63, 3.8) is 0 Å². The summed E-state index contributed by atoms with van der Waals surface area (Å²) in [6, 6.07) is 8.23. The highest BCUT2D eigenvalue weighted by Crippen LogP contribution is 2.28. The Hall–Kier alpha value is -1.96. The van der Waals surface area contributed by atoms with E-state index in [9.17, 15) is 4.79 Å². The Labute approximate surface area is 174 Å². The largest absolute Gasteiger partial charge is 0.484 e. The molecule has 0 aliphatic heterocycles. The van der Waals surface area contributed by atoms with Gasteiger partial charge in [-0.15, -0.1) is 0 Å². The van der Waals surface area contributed by atoms with Crippen LogP contribution in [0.5, 0.6) is 5.75 Å². The lowest BCUT2D eigenvalue weighted by atomic mass is 10.3. The van der Waals surface area contributed by atoms with Crippen molar-refractivity contribution in [1.82, 2.24) is 15.1 Å². The molecule has 6 nitrogen and oxygen atoms in total. The highest BCUT2D eigenvalue weighted by Gasteiger charge is 2.14. The van der Waals surface area contributed by atoms with Crippen LogP contribution in [0.15, 0.2) is 45.4 Å². The summed E-state index contributed by atoms with van der Waals surface area (Å²) in [6.45, 7) is 3.18. The second-order valence-electron chi connectivity index (χ2n) is 5.59. The van der Waals surface area contributed by atoms with Gasteiger partial charge in [0.05, 0.1) is 21.7 Å². The fraction of sp³-hybridized carbons (Fsp3) is 0.222. The number of hydrogen-bond acceptors (Lipinski definition) is 4. The van der Waals surface area contributed by atoms with Gasteiger partial charge in [0, 0.05) is 17.8 Å². The summed E-state index contributed by atoms with van der Waals surface area (Å²) >= 11 is 15.3. The summed E-state index contributed by atoms with van der Waals surface area (Å²) in [5.74, 6) is 0.855. The number of aromatic nitrogens is 2. The van der Waals surface area contributed by atoms with E-state index in [2.05, 4.69) is 26.3 Å². The number of rotatable bonds is 7. The maximum atomic E-state index is 12.3. The van der Waals surface area contributed by atoms with E-state index < -0.39 is 0 Å². The van der Waals surface area contributed by atoms with Crippen molar-refractivity contribution in [2.75, 3.05) is 0 Å². The molecule has 0 radical (unpaired) electrons. The molecule has 0 aliphatic carbocycles. The van der Waals surface area contributed by atoms with Crippen LogP contribution in [-0.2, 0) is 19.7 Å². The number of hydrogen-bond donors (Lipinski definition) is 1. The summed E-state index contributed by atoms with van der Waals surface area (Å²) in [6.07, 6.45) is 1.87. The first-order valence-corrected chi connectivity index (χ1v) is 9.67. The molecule has 3 aromatic rings. The summed E-state index contributed by atoms with van der Waals surface area (Å²) < 4.78 is 13.8. The smallest absolute Gasteiger partial charge is 0.287 e. The van der Waals surface area contributed by atoms with Crippen molar-refractivity contribution < 1.29 is 13.9 Å². The topological polar surface area (TPSA) is 69.3 Å². The predicted octanol–water partition coefficient (Wildman–Crippen LogP) is 5.07. The van der Waals surface area contributed by atoms with Gasteiger partial charge in [0.25, 0.3) is 5.91 Å². The molecule has 1 aromatic carbocycles. The number of ether oxygens (including phenoxy) is 1. The molecule has 1 N–H and O–H groups in total. The maximum Gasteiger partial charge on any atom is 0.287 e. The maximum absolute atomic E-state index is 12.3. The van der Waals surface area contributed by atoms with E-state index >= 15 is 0 Å². The average Bonchev–Trinajstić information content (AvgIpc) is 3.25. The number of halogens is 3. The van der Waals surface area contributed by atoms with E-state index in [-0.39, 0.29) is 18.3 Å². The number of carbonyl (C=O) groups is 1. The molecule has 3 rings (SSSR count). The van der Waals surface area contributed by atoms with Gasteiger partial charge in [-0.1, -0.05) is 23.2 Å². The van der Waals surface area contributed by atoms with Gasteiger partial charge in [0.2, 0.25) is 0 Å². The van der Waals surface area contributed by atoms with Crippen molar-refractivity contribution in [2.24, 2.45) is 0 Å². The molecule has 0 aliphatic rings. The Morgan fingerprint density at radius 3 is 2.85 bits per heavy atom. The molecule has 9 heteroatoms. The molecule has 0 bridgehead atoms. The van der Waals surface area contributed by atoms with Crippen LogP contribution in [-0.4, -0.2) is 15.7 Å². The van der Waals surface area contributed by atoms with Crippen LogP contribution < -0.4 is 10.1 Å². The third-order valence-corrected chi connectivity index (χ3v) is 4.87. The quantitative estimate of drug-likeness (QED) is 0.520. The van der Waals surface area contributed by atoms with E-state index in [4.69, 9.17) is 32.4 Å². The number of aryl methyl sites for hydroxylation is 1. The Morgan fingerprint density at radius 2 is 2.15 bits per heavy atom. The standard InChI is InChI=1S/C18H16BrCl2N3O3/c1-2-24-9-13(19)15(23-24)8-22-18(25)17-6-4-12(27-17)10-26-16-5-3-11(20)7-14(16)21/h3-7,9H,2,8,10H2,1H3,(H,22,25). The number of nitrogens with one attached hydrogen (secondary N) is 1. The zero-order valence-corrected chi connectivity index (χ0v) is 17.4. The molecule has 0 saturated carbocycles. The molecule has 0 spiro atoms. The van der Waals surface area contributed by atoms with Crippen LogP contribution in [0.2, 0.25) is 10.0 Å². The zero-order chi connectivity index (χ0) is 19.4. The Kier molecular flexibility index (Phi) is 6.46. The third kappa shape index (κ3) is 5.06. The van der Waals surface area contributed by atoms with Crippen molar-refractivity contribution >= 4 is 45.0 Å². The number of furan rings is 1. The summed E-state index contributed by atoms with van der Waals surface area (Å²) in [5.41, 5.74) is 0.748. The Morgan fingerprint density at radius 1 is 1.33 bits per heavy atom. The first kappa shape index (κ1) is 19.8. The molecule has 0 atom stereocenters. The Balaban J connectivity index is 1.56. The zero-order valence-electron chi connectivity index (χ0n) is 14.3. The molecule has 0 saturated heterocycles. The van der Waals surface area contributed by atoms with Crippen LogP contribution in [0, 0.1) is 0 Å². The van der Waals surface area contributed by atoms with Gasteiger partial charge in [-0.2, -0.15) is 5.10 Å². The van der Waals surface area contributed by atoms with E-state index in [0.29, 0.717) is 28.1 Å². The lowest BCUT2D eigenvalue weighted by molar-refractivity contribution is 0.0918. The van der Waals surface area contributed by atoms with E-state index in [1.165, 1.54) is 0 Å². The van der Waals surface area contributed by atoms with Crippen molar-refractivity contribution in [3.05, 3.63) is 68.3 Å². The van der Waals surface area contributed by atoms with Gasteiger partial charge in [0.15, 0.2) is 5.76 Å². The van der Waals surface area contributed by atoms with Gasteiger partial charge in [-0.05, 0) is 53.2 Å². The molecule has 0 unspecified atom stereocenters. The number of benzene rings is 1. The van der Waals surface area contributed by atoms with Crippen LogP contribution in [0.1, 0.15) is 28.9 Å². The average molecular weight is 473 g/mol. The predicted molar refractivity (Wildman–Crippen MR) is 106 cm³/mol. The fourth-order valence-corrected chi connectivity index (χ4v) is 3.21. The van der Waals surface area contributed by atoms with Crippen molar-refractivity contribution in [3.8, 4) is 5.75 Å². The minimum absolute atomic E-state index is 0.140. The van der Waals surface area contributed by atoms with E-state index in [1.54, 1.807) is 35.0 Å². The SMILES string of the molecule is CCn1cc(Br)c(CNC(=O)c2ccc(COc3ccc(Cl)cc3Cl)o2)n1. The first-order chi connectivity index (χ1) is 13.0. The number of nitrogens with zero attached hydrogens (tertiary/aromatic N) is 2. The highest BCUT2D eigenvalue weighted by atomic mass is 79.9. The lowest BCUT2D eigenvalue weighted by Crippen LogP contribution is -2.22. The van der Waals surface area contributed by atoms with Crippen LogP contribution in [0.3, 0.4) is 0 Å². The molecular weight excluding hydrogens is 457 g/mol. The van der Waals surface area contributed by atoms with Crippen LogP contribution >= 0.6 is 39.1 Å². The van der Waals surface area contributed by atoms with Crippen molar-refractivity contribution in [1.29, 1.82) is 0 Å². The summed E-state index contributed by atoms with van der Waals surface area (Å²) in [5, 5.41) is 8.07. The molecule has 0 fully saturated rings. The van der Waals surface area contributed by atoms with Gasteiger partial charge in [-0.25, -0.2) is 0 Å². The first-order valence-electron chi connectivity index (χ1n) is 8.13. The van der Waals surface area contributed by atoms with E-state index in [0.717, 1.165) is 16.7 Å². The molecule has 2 aromatic heterocycles. The molecule has 1 amide bonds. The van der Waals surface area contributed by atoms with Crippen LogP contribution in [0.25, 0.3) is 0 Å². The molecule has 27 heavy (non-hydrogen) atoms. The van der Waals surface area contributed by atoms with E-state index in [1.807, 2.05) is 13.1 Å². The van der Waals surface area contributed by atoms with Gasteiger partial charge < -0.3 is 14.5 Å².